The zero-order chi connectivity index (χ0) is 34.6. The maximum atomic E-state index is 13.7. The Balaban J connectivity index is 1.72. The van der Waals surface area contributed by atoms with Gasteiger partial charge in [-0.2, -0.15) is 0 Å². The van der Waals surface area contributed by atoms with Crippen molar-refractivity contribution in [2.24, 2.45) is 11.3 Å². The molecule has 0 spiro atoms. The number of hydrogen-bond acceptors (Lipinski definition) is 10. The normalized spacial score (nSPS) is 17.3. The highest BCUT2D eigenvalue weighted by Gasteiger charge is 2.53. The van der Waals surface area contributed by atoms with Gasteiger partial charge in [0.15, 0.2) is 10.8 Å². The van der Waals surface area contributed by atoms with Crippen molar-refractivity contribution in [1.82, 2.24) is 4.90 Å². The van der Waals surface area contributed by atoms with Crippen LogP contribution in [0, 0.1) is 27.3 Å². The number of nitro benzene ring substituents is 1. The highest BCUT2D eigenvalue weighted by atomic mass is 35.5. The van der Waals surface area contributed by atoms with Gasteiger partial charge in [0.2, 0.25) is 11.0 Å². The van der Waals surface area contributed by atoms with E-state index >= 15 is 0 Å². The van der Waals surface area contributed by atoms with Crippen LogP contribution in [0.5, 0.6) is 5.75 Å². The highest BCUT2D eigenvalue weighted by Crippen LogP contribution is 2.41. The maximum Gasteiger partial charge on any atom is 0.359 e. The zero-order valence-corrected chi connectivity index (χ0v) is 28.0. The number of esters is 1. The van der Waals surface area contributed by atoms with Crippen LogP contribution >= 0.6 is 35.6 Å². The van der Waals surface area contributed by atoms with Gasteiger partial charge >= 0.3 is 5.97 Å². The fourth-order valence-electron chi connectivity index (χ4n) is 4.26. The average Bonchev–Trinajstić information content (AvgIpc) is 3.02. The molecular formula is C33H30ClFN2O8S2. The van der Waals surface area contributed by atoms with E-state index in [0.29, 0.717) is 33.3 Å². The van der Waals surface area contributed by atoms with Crippen LogP contribution in [0.3, 0.4) is 0 Å². The summed E-state index contributed by atoms with van der Waals surface area (Å²) in [6.45, 7) is 6.05. The number of thiocarbonyl (C=S) groups is 1. The maximum absolute atomic E-state index is 13.7. The third kappa shape index (κ3) is 8.41. The molecule has 47 heavy (non-hydrogen) atoms. The Morgan fingerprint density at radius 1 is 1.06 bits per heavy atom. The van der Waals surface area contributed by atoms with E-state index in [2.05, 4.69) is 0 Å². The molecule has 3 atom stereocenters. The van der Waals surface area contributed by atoms with Gasteiger partial charge in [-0.3, -0.25) is 24.6 Å². The minimum absolute atomic E-state index is 0.154. The Morgan fingerprint density at radius 3 is 2.11 bits per heavy atom. The average molecular weight is 701 g/mol. The van der Waals surface area contributed by atoms with Gasteiger partial charge in [-0.05, 0) is 83.9 Å². The lowest BCUT2D eigenvalue weighted by Crippen LogP contribution is -2.62. The molecule has 1 aliphatic rings. The van der Waals surface area contributed by atoms with Gasteiger partial charge in [0, 0.05) is 17.5 Å². The molecule has 246 valence electrons. The van der Waals surface area contributed by atoms with E-state index < -0.39 is 56.4 Å². The largest absolute Gasteiger partial charge is 0.456 e. The number of carbonyl (C=O) groups excluding carboxylic acids is 3. The van der Waals surface area contributed by atoms with Crippen molar-refractivity contribution in [3.8, 4) is 5.75 Å². The number of non-ortho nitro benzene ring substituents is 1. The van der Waals surface area contributed by atoms with E-state index in [9.17, 15) is 34.0 Å². The first-order chi connectivity index (χ1) is 22.1. The molecule has 1 saturated heterocycles. The van der Waals surface area contributed by atoms with Crippen LogP contribution in [0.4, 0.5) is 10.1 Å². The first-order valence-corrected chi connectivity index (χ1v) is 15.8. The molecule has 0 unspecified atom stereocenters. The summed E-state index contributed by atoms with van der Waals surface area (Å²) >= 11 is 12.6. The predicted molar refractivity (Wildman–Crippen MR) is 178 cm³/mol. The number of β-lactam (4-membered cyclic amide) rings is 1. The number of nitro groups is 1. The fraction of sp³-hybridized carbons (Fsp3) is 0.273. The molecule has 1 heterocycles. The minimum atomic E-state index is -1.18. The van der Waals surface area contributed by atoms with Crippen molar-refractivity contribution in [1.29, 1.82) is 0 Å². The van der Waals surface area contributed by atoms with Crippen LogP contribution in [-0.4, -0.2) is 48.4 Å². The van der Waals surface area contributed by atoms with Crippen molar-refractivity contribution in [2.45, 2.75) is 45.9 Å². The second kappa shape index (κ2) is 14.7. The van der Waals surface area contributed by atoms with Crippen LogP contribution in [0.2, 0.25) is 0 Å². The molecule has 0 radical (unpaired) electrons. The van der Waals surface area contributed by atoms with E-state index in [1.165, 1.54) is 43.3 Å². The summed E-state index contributed by atoms with van der Waals surface area (Å²) in [5.41, 5.74) is -1.04. The van der Waals surface area contributed by atoms with Crippen molar-refractivity contribution < 1.29 is 38.3 Å². The second-order valence-corrected chi connectivity index (χ2v) is 13.4. The van der Waals surface area contributed by atoms with Gasteiger partial charge < -0.3 is 14.6 Å². The van der Waals surface area contributed by atoms with Gasteiger partial charge in [0.25, 0.3) is 5.69 Å². The number of nitrogens with zero attached hydrogens (tertiary/aromatic N) is 2. The number of benzene rings is 3. The topological polar surface area (TPSA) is 136 Å². The number of halogens is 2. The number of carbonyl (C=O) groups is 3. The van der Waals surface area contributed by atoms with Gasteiger partial charge in [-0.1, -0.05) is 56.7 Å². The number of rotatable bonds is 11. The Hall–Kier alpha value is -4.17. The summed E-state index contributed by atoms with van der Waals surface area (Å²) in [5.74, 6) is -3.02. The Labute approximate surface area is 284 Å². The Bertz CT molecular complexity index is 1720. The molecule has 4 rings (SSSR count). The molecule has 1 aliphatic heterocycles. The first kappa shape index (κ1) is 35.7. The van der Waals surface area contributed by atoms with Crippen molar-refractivity contribution in [3.05, 3.63) is 116 Å². The number of alkyl halides is 1. The third-order valence-electron chi connectivity index (χ3n) is 6.96. The molecular weight excluding hydrogens is 671 g/mol. The lowest BCUT2D eigenvalue weighted by molar-refractivity contribution is -0.384. The molecule has 1 amide bonds. The van der Waals surface area contributed by atoms with E-state index in [4.69, 9.17) is 33.3 Å². The number of thioether (sulfide) groups is 1. The van der Waals surface area contributed by atoms with E-state index in [1.54, 1.807) is 57.2 Å². The molecule has 14 heteroatoms. The quantitative estimate of drug-likeness (QED) is 0.0226. The lowest BCUT2D eigenvalue weighted by atomic mass is 9.92. The third-order valence-corrected chi connectivity index (χ3v) is 9.16. The fourth-order valence-corrected chi connectivity index (χ4v) is 5.94. The number of aliphatic hydroxyl groups is 1. The van der Waals surface area contributed by atoms with Crippen LogP contribution < -0.4 is 4.74 Å². The Morgan fingerprint density at radius 2 is 1.62 bits per heavy atom. The van der Waals surface area contributed by atoms with E-state index in [0.717, 1.165) is 4.90 Å². The number of hydrogen-bond donors (Lipinski definition) is 1. The van der Waals surface area contributed by atoms with E-state index in [1.807, 2.05) is 0 Å². The van der Waals surface area contributed by atoms with Crippen molar-refractivity contribution in [3.63, 3.8) is 0 Å². The zero-order valence-electron chi connectivity index (χ0n) is 25.6. The summed E-state index contributed by atoms with van der Waals surface area (Å²) in [4.78, 5) is 52.0. The molecule has 10 nitrogen and oxygen atoms in total. The van der Waals surface area contributed by atoms with Crippen molar-refractivity contribution >= 4 is 63.1 Å². The monoisotopic (exact) mass is 700 g/mol. The van der Waals surface area contributed by atoms with Crippen LogP contribution in [0.25, 0.3) is 0 Å². The van der Waals surface area contributed by atoms with Gasteiger partial charge in [0.1, 0.15) is 23.7 Å². The van der Waals surface area contributed by atoms with Crippen molar-refractivity contribution in [2.75, 3.05) is 0 Å². The summed E-state index contributed by atoms with van der Waals surface area (Å²) in [6.07, 6.45) is -1.13. The molecule has 0 bridgehead atoms. The SMILES string of the molecule is C[C@@H](O)[C@H]1C(=O)N(C(C(=O)OCc2ccc([N+](=O)[O-])cc2)=C(Oc2ccc(C(=S)c3ccc(F)cc3)cc2)SC(=O)C(C)(C)C)[C@H]1Cl. The minimum Gasteiger partial charge on any atom is -0.456 e. The smallest absolute Gasteiger partial charge is 0.359 e. The first-order valence-electron chi connectivity index (χ1n) is 14.2. The number of aliphatic hydroxyl groups excluding tert-OH is 1. The van der Waals surface area contributed by atoms with Crippen LogP contribution in [0.1, 0.15) is 44.4 Å². The molecule has 0 saturated carbocycles. The number of likely N-dealkylation sites (tertiary alicyclic amines) is 1. The second-order valence-electron chi connectivity index (χ2n) is 11.6. The number of ether oxygens (including phenoxy) is 2. The van der Waals surface area contributed by atoms with Gasteiger partial charge in [0.05, 0.1) is 21.8 Å². The summed E-state index contributed by atoms with van der Waals surface area (Å²) in [5, 5.41) is 20.4. The lowest BCUT2D eigenvalue weighted by Gasteiger charge is -2.45. The van der Waals surface area contributed by atoms with Crippen LogP contribution in [0.15, 0.2) is 83.6 Å². The molecule has 3 aromatic rings. The van der Waals surface area contributed by atoms with Gasteiger partial charge in [-0.15, -0.1) is 0 Å². The molecule has 3 aromatic carbocycles. The van der Waals surface area contributed by atoms with Gasteiger partial charge in [-0.25, -0.2) is 9.18 Å². The summed E-state index contributed by atoms with van der Waals surface area (Å²) in [6, 6.07) is 17.4. The standard InChI is InChI=1S/C33H30ClFN2O8S2/c1-18(38)25-28(34)36(29(25)39)26(30(40)44-17-19-5-13-23(14-6-19)37(42)43)31(47-32(41)33(2,3)4)45-24-15-9-21(10-16-24)27(46)20-7-11-22(35)12-8-20/h5-16,18,25,28,38H,17H2,1-4H3/t18-,25-,28-/m1/s1. The summed E-state index contributed by atoms with van der Waals surface area (Å²) in [7, 11) is 0. The predicted octanol–water partition coefficient (Wildman–Crippen LogP) is 6.50. The molecule has 0 aliphatic carbocycles. The molecule has 1 fully saturated rings. The van der Waals surface area contributed by atoms with E-state index in [-0.39, 0.29) is 23.1 Å². The van der Waals surface area contributed by atoms with Crippen LogP contribution in [-0.2, 0) is 25.7 Å². The molecule has 1 N–H and O–H groups in total. The number of amides is 1. The highest BCUT2D eigenvalue weighted by molar-refractivity contribution is 8.16. The summed E-state index contributed by atoms with van der Waals surface area (Å²) < 4.78 is 25.0. The molecule has 0 aromatic heterocycles. The Kier molecular flexibility index (Phi) is 11.2.